The summed E-state index contributed by atoms with van der Waals surface area (Å²) in [4.78, 5) is 28.0. The molecule has 24 heavy (non-hydrogen) atoms. The van der Waals surface area contributed by atoms with Crippen LogP contribution in [-0.2, 0) is 20.7 Å². The number of carbonyl (C=O) groups excluding carboxylic acids is 2. The van der Waals surface area contributed by atoms with Crippen molar-refractivity contribution >= 4 is 23.2 Å². The third kappa shape index (κ3) is 5.77. The Kier molecular flexibility index (Phi) is 6.93. The van der Waals surface area contributed by atoms with Gasteiger partial charge >= 0.3 is 5.97 Å². The minimum absolute atomic E-state index is 0.0661. The smallest absolute Gasteiger partial charge is 0.312 e. The van der Waals surface area contributed by atoms with Crippen LogP contribution in [-0.4, -0.2) is 23.5 Å². The molecule has 5 nitrogen and oxygen atoms in total. The van der Waals surface area contributed by atoms with Gasteiger partial charge in [0.15, 0.2) is 6.61 Å². The molecule has 0 spiro atoms. The van der Waals surface area contributed by atoms with Crippen LogP contribution in [0.3, 0.4) is 0 Å². The zero-order valence-electron chi connectivity index (χ0n) is 14.0. The molecular formula is C18H22N2O3S. The average Bonchev–Trinajstić information content (AvgIpc) is 2.98. The van der Waals surface area contributed by atoms with Crippen LogP contribution in [0.4, 0.5) is 0 Å². The van der Waals surface area contributed by atoms with E-state index in [2.05, 4.69) is 17.2 Å². The Bertz CT molecular complexity index is 670. The van der Waals surface area contributed by atoms with Crippen LogP contribution < -0.4 is 5.32 Å². The van der Waals surface area contributed by atoms with Crippen LogP contribution in [0.25, 0.3) is 0 Å². The molecule has 1 unspecified atom stereocenters. The van der Waals surface area contributed by atoms with Gasteiger partial charge in [0.25, 0.3) is 5.91 Å². The van der Waals surface area contributed by atoms with Gasteiger partial charge in [0, 0.05) is 5.38 Å². The number of benzene rings is 1. The fraction of sp³-hybridized carbons (Fsp3) is 0.389. The van der Waals surface area contributed by atoms with Gasteiger partial charge in [0.2, 0.25) is 0 Å². The van der Waals surface area contributed by atoms with E-state index < -0.39 is 5.97 Å². The van der Waals surface area contributed by atoms with Gasteiger partial charge in [-0.2, -0.15) is 0 Å². The summed E-state index contributed by atoms with van der Waals surface area (Å²) in [5.41, 5.74) is 1.73. The van der Waals surface area contributed by atoms with Gasteiger partial charge in [-0.1, -0.05) is 43.7 Å². The summed E-state index contributed by atoms with van der Waals surface area (Å²) < 4.78 is 5.05. The number of thiazole rings is 1. The van der Waals surface area contributed by atoms with E-state index in [0.717, 1.165) is 23.4 Å². The Hall–Kier alpha value is -2.21. The van der Waals surface area contributed by atoms with Crippen LogP contribution in [0.1, 0.15) is 42.1 Å². The Morgan fingerprint density at radius 1 is 1.29 bits per heavy atom. The lowest BCUT2D eigenvalue weighted by atomic mass is 10.0. The van der Waals surface area contributed by atoms with Gasteiger partial charge in [-0.05, 0) is 18.9 Å². The number of esters is 1. The Morgan fingerprint density at radius 2 is 2.04 bits per heavy atom. The second-order valence-corrected chi connectivity index (χ2v) is 6.58. The van der Waals surface area contributed by atoms with Crippen LogP contribution >= 0.6 is 11.3 Å². The SMILES string of the molecule is CCCC(NC(=O)COC(=O)Cc1csc(C)n1)c1ccccc1. The highest BCUT2D eigenvalue weighted by Gasteiger charge is 2.15. The maximum absolute atomic E-state index is 12.1. The van der Waals surface area contributed by atoms with E-state index in [1.54, 1.807) is 0 Å². The van der Waals surface area contributed by atoms with Crippen molar-refractivity contribution in [2.45, 2.75) is 39.2 Å². The van der Waals surface area contributed by atoms with Crippen molar-refractivity contribution in [3.63, 3.8) is 0 Å². The molecule has 1 amide bonds. The topological polar surface area (TPSA) is 68.3 Å². The van der Waals surface area contributed by atoms with Crippen molar-refractivity contribution in [3.8, 4) is 0 Å². The average molecular weight is 346 g/mol. The lowest BCUT2D eigenvalue weighted by Crippen LogP contribution is -2.32. The van der Waals surface area contributed by atoms with E-state index in [1.165, 1.54) is 11.3 Å². The van der Waals surface area contributed by atoms with Crippen molar-refractivity contribution in [3.05, 3.63) is 52.0 Å². The number of nitrogens with zero attached hydrogens (tertiary/aromatic N) is 1. The number of carbonyl (C=O) groups is 2. The van der Waals surface area contributed by atoms with Gasteiger partial charge in [0.1, 0.15) is 0 Å². The van der Waals surface area contributed by atoms with E-state index in [4.69, 9.17) is 4.74 Å². The quantitative estimate of drug-likeness (QED) is 0.745. The minimum Gasteiger partial charge on any atom is -0.455 e. The molecule has 6 heteroatoms. The summed E-state index contributed by atoms with van der Waals surface area (Å²) in [5.74, 6) is -0.734. The first-order chi connectivity index (χ1) is 11.6. The zero-order valence-corrected chi connectivity index (χ0v) is 14.8. The molecule has 2 rings (SSSR count). The number of aromatic nitrogens is 1. The first-order valence-electron chi connectivity index (χ1n) is 7.99. The second kappa shape index (κ2) is 9.17. The first kappa shape index (κ1) is 18.1. The summed E-state index contributed by atoms with van der Waals surface area (Å²) in [5, 5.41) is 5.65. The highest BCUT2D eigenvalue weighted by molar-refractivity contribution is 7.09. The number of hydrogen-bond donors (Lipinski definition) is 1. The van der Waals surface area contributed by atoms with E-state index in [9.17, 15) is 9.59 Å². The van der Waals surface area contributed by atoms with Crippen molar-refractivity contribution in [2.24, 2.45) is 0 Å². The van der Waals surface area contributed by atoms with E-state index in [0.29, 0.717) is 5.69 Å². The molecule has 0 saturated carbocycles. The third-order valence-electron chi connectivity index (χ3n) is 3.47. The van der Waals surface area contributed by atoms with Crippen molar-refractivity contribution < 1.29 is 14.3 Å². The number of rotatable bonds is 8. The number of nitrogens with one attached hydrogen (secondary N) is 1. The third-order valence-corrected chi connectivity index (χ3v) is 4.29. The summed E-state index contributed by atoms with van der Waals surface area (Å²) in [6.45, 7) is 3.68. The van der Waals surface area contributed by atoms with E-state index in [1.807, 2.05) is 42.6 Å². The monoisotopic (exact) mass is 346 g/mol. The highest BCUT2D eigenvalue weighted by atomic mass is 32.1. The van der Waals surface area contributed by atoms with Gasteiger partial charge < -0.3 is 10.1 Å². The predicted octanol–water partition coefficient (Wildman–Crippen LogP) is 3.19. The Labute approximate surface area is 146 Å². The molecule has 2 aromatic rings. The van der Waals surface area contributed by atoms with Crippen molar-refractivity contribution in [2.75, 3.05) is 6.61 Å². The molecule has 1 N–H and O–H groups in total. The van der Waals surface area contributed by atoms with Gasteiger partial charge in [-0.15, -0.1) is 11.3 Å². The largest absolute Gasteiger partial charge is 0.455 e. The highest BCUT2D eigenvalue weighted by Crippen LogP contribution is 2.17. The van der Waals surface area contributed by atoms with Crippen molar-refractivity contribution in [1.29, 1.82) is 0 Å². The number of amides is 1. The molecule has 1 atom stereocenters. The molecule has 0 aliphatic rings. The molecule has 128 valence electrons. The lowest BCUT2D eigenvalue weighted by Gasteiger charge is -2.18. The summed E-state index contributed by atoms with van der Waals surface area (Å²) in [7, 11) is 0. The molecule has 1 aromatic heterocycles. The molecular weight excluding hydrogens is 324 g/mol. The lowest BCUT2D eigenvalue weighted by molar-refractivity contribution is -0.148. The molecule has 0 aliphatic carbocycles. The molecule has 0 saturated heterocycles. The zero-order chi connectivity index (χ0) is 17.4. The van der Waals surface area contributed by atoms with Crippen molar-refractivity contribution in [1.82, 2.24) is 10.3 Å². The van der Waals surface area contributed by atoms with Crippen LogP contribution in [0, 0.1) is 6.92 Å². The van der Waals surface area contributed by atoms with Gasteiger partial charge in [0.05, 0.1) is 23.2 Å². The Balaban J connectivity index is 1.81. The molecule has 0 radical (unpaired) electrons. The maximum Gasteiger partial charge on any atom is 0.312 e. The molecule has 1 heterocycles. The maximum atomic E-state index is 12.1. The van der Waals surface area contributed by atoms with E-state index in [-0.39, 0.29) is 25.0 Å². The summed E-state index contributed by atoms with van der Waals surface area (Å²) >= 11 is 1.48. The van der Waals surface area contributed by atoms with Crippen LogP contribution in [0.15, 0.2) is 35.7 Å². The fourth-order valence-corrected chi connectivity index (χ4v) is 2.98. The molecule has 0 bridgehead atoms. The van der Waals surface area contributed by atoms with E-state index >= 15 is 0 Å². The first-order valence-corrected chi connectivity index (χ1v) is 8.87. The van der Waals surface area contributed by atoms with Crippen LogP contribution in [0.5, 0.6) is 0 Å². The number of aryl methyl sites for hydroxylation is 1. The second-order valence-electron chi connectivity index (χ2n) is 5.51. The molecule has 0 aliphatic heterocycles. The molecule has 0 fully saturated rings. The standard InChI is InChI=1S/C18H22N2O3S/c1-3-7-16(14-8-5-4-6-9-14)20-17(21)11-23-18(22)10-15-12-24-13(2)19-15/h4-6,8-9,12,16H,3,7,10-11H2,1-2H3,(H,20,21). The Morgan fingerprint density at radius 3 is 2.67 bits per heavy atom. The predicted molar refractivity (Wildman–Crippen MR) is 93.7 cm³/mol. The normalized spacial score (nSPS) is 11.8. The summed E-state index contributed by atoms with van der Waals surface area (Å²) in [6.07, 6.45) is 1.87. The van der Waals surface area contributed by atoms with Crippen LogP contribution in [0.2, 0.25) is 0 Å². The fourth-order valence-electron chi connectivity index (χ4n) is 2.37. The number of ether oxygens (including phenoxy) is 1. The minimum atomic E-state index is -0.442. The molecule has 1 aromatic carbocycles. The summed E-state index contributed by atoms with van der Waals surface area (Å²) in [6, 6.07) is 9.73. The van der Waals surface area contributed by atoms with Gasteiger partial charge in [-0.25, -0.2) is 4.98 Å². The van der Waals surface area contributed by atoms with Gasteiger partial charge in [-0.3, -0.25) is 9.59 Å². The number of hydrogen-bond acceptors (Lipinski definition) is 5.